The maximum atomic E-state index is 4.63. The highest BCUT2D eigenvalue weighted by atomic mass is 14.9. The molecule has 0 amide bonds. The maximum absolute atomic E-state index is 4.63. The van der Waals surface area contributed by atoms with Gasteiger partial charge in [0.1, 0.15) is 5.82 Å². The second kappa shape index (κ2) is 7.47. The Morgan fingerprint density at radius 3 is 2.17 bits per heavy atom. The van der Waals surface area contributed by atoms with E-state index in [2.05, 4.69) is 49.9 Å². The molecule has 1 aromatic heterocycles. The Bertz CT molecular complexity index is 349. The van der Waals surface area contributed by atoms with E-state index in [1.165, 1.54) is 18.4 Å². The van der Waals surface area contributed by atoms with Gasteiger partial charge in [-0.05, 0) is 38.8 Å². The first kappa shape index (κ1) is 15.1. The molecule has 0 spiro atoms. The number of nitrogens with one attached hydrogen (secondary N) is 1. The number of unbranched alkanes of at least 4 members (excludes halogenated alkanes) is 1. The Labute approximate surface area is 111 Å². The fourth-order valence-corrected chi connectivity index (χ4v) is 2.10. The highest BCUT2D eigenvalue weighted by Gasteiger charge is 2.08. The average molecular weight is 249 g/mol. The van der Waals surface area contributed by atoms with E-state index in [-0.39, 0.29) is 0 Å². The van der Waals surface area contributed by atoms with Crippen molar-refractivity contribution in [2.45, 2.75) is 66.3 Å². The predicted octanol–water partition coefficient (Wildman–Crippen LogP) is 2.98. The van der Waals surface area contributed by atoms with E-state index in [0.29, 0.717) is 6.04 Å². The molecule has 0 saturated heterocycles. The molecule has 0 aliphatic carbocycles. The normalized spacial score (nSPS) is 11.2. The molecule has 0 aliphatic heterocycles. The van der Waals surface area contributed by atoms with Gasteiger partial charge in [0, 0.05) is 23.9 Å². The van der Waals surface area contributed by atoms with Crippen LogP contribution in [0.25, 0.3) is 0 Å². The highest BCUT2D eigenvalue weighted by molar-refractivity contribution is 5.24. The lowest BCUT2D eigenvalue weighted by molar-refractivity contribution is 0.587. The molecule has 3 heteroatoms. The smallest absolute Gasteiger partial charge is 0.128 e. The van der Waals surface area contributed by atoms with Crippen LogP contribution in [0.5, 0.6) is 0 Å². The quantitative estimate of drug-likeness (QED) is 0.807. The second-order valence-electron chi connectivity index (χ2n) is 5.25. The van der Waals surface area contributed by atoms with E-state index in [0.717, 1.165) is 36.6 Å². The zero-order valence-electron chi connectivity index (χ0n) is 12.5. The lowest BCUT2D eigenvalue weighted by Gasteiger charge is -2.12. The number of aromatic nitrogens is 2. The van der Waals surface area contributed by atoms with E-state index in [9.17, 15) is 0 Å². The van der Waals surface area contributed by atoms with Gasteiger partial charge < -0.3 is 5.32 Å². The highest BCUT2D eigenvalue weighted by Crippen LogP contribution is 2.12. The third-order valence-corrected chi connectivity index (χ3v) is 3.15. The van der Waals surface area contributed by atoms with Crippen LogP contribution in [0, 0.1) is 13.8 Å². The molecule has 1 heterocycles. The van der Waals surface area contributed by atoms with Gasteiger partial charge in [-0.25, -0.2) is 9.97 Å². The average Bonchev–Trinajstić information content (AvgIpc) is 2.29. The van der Waals surface area contributed by atoms with Gasteiger partial charge in [0.2, 0.25) is 0 Å². The lowest BCUT2D eigenvalue weighted by Crippen LogP contribution is -2.25. The van der Waals surface area contributed by atoms with Gasteiger partial charge in [-0.2, -0.15) is 0 Å². The van der Waals surface area contributed by atoms with Crippen LogP contribution < -0.4 is 5.32 Å². The van der Waals surface area contributed by atoms with Gasteiger partial charge in [-0.3, -0.25) is 0 Å². The minimum absolute atomic E-state index is 0.537. The van der Waals surface area contributed by atoms with Gasteiger partial charge in [-0.1, -0.05) is 27.2 Å². The Hall–Kier alpha value is -0.960. The monoisotopic (exact) mass is 249 g/mol. The van der Waals surface area contributed by atoms with E-state index >= 15 is 0 Å². The van der Waals surface area contributed by atoms with Gasteiger partial charge in [0.15, 0.2) is 0 Å². The molecule has 18 heavy (non-hydrogen) atoms. The first-order valence-corrected chi connectivity index (χ1v) is 7.11. The zero-order chi connectivity index (χ0) is 13.5. The molecule has 1 N–H and O–H groups in total. The third-order valence-electron chi connectivity index (χ3n) is 3.15. The molecule has 0 saturated carbocycles. The molecule has 0 radical (unpaired) electrons. The van der Waals surface area contributed by atoms with Crippen molar-refractivity contribution in [3.05, 3.63) is 22.8 Å². The summed E-state index contributed by atoms with van der Waals surface area (Å²) in [5, 5.41) is 3.44. The Morgan fingerprint density at radius 2 is 1.67 bits per heavy atom. The molecule has 0 bridgehead atoms. The van der Waals surface area contributed by atoms with Crippen molar-refractivity contribution in [1.29, 1.82) is 0 Å². The summed E-state index contributed by atoms with van der Waals surface area (Å²) in [5.41, 5.74) is 3.61. The fourth-order valence-electron chi connectivity index (χ4n) is 2.10. The molecule has 0 aliphatic rings. The summed E-state index contributed by atoms with van der Waals surface area (Å²) in [5.74, 6) is 1.01. The van der Waals surface area contributed by atoms with Crippen molar-refractivity contribution in [1.82, 2.24) is 15.3 Å². The topological polar surface area (TPSA) is 37.8 Å². The summed E-state index contributed by atoms with van der Waals surface area (Å²) < 4.78 is 0. The third kappa shape index (κ3) is 4.73. The number of hydrogen-bond acceptors (Lipinski definition) is 3. The maximum Gasteiger partial charge on any atom is 0.128 e. The van der Waals surface area contributed by atoms with Gasteiger partial charge in [0.25, 0.3) is 0 Å². The standard InChI is InChI=1S/C15H27N3/c1-6-7-8-15-17-12(4)14(13(5)18-15)9-10-16-11(2)3/h11,16H,6-10H2,1-5H3. The van der Waals surface area contributed by atoms with Crippen molar-refractivity contribution in [2.75, 3.05) is 6.54 Å². The van der Waals surface area contributed by atoms with E-state index < -0.39 is 0 Å². The molecule has 0 unspecified atom stereocenters. The van der Waals surface area contributed by atoms with Crippen LogP contribution in [0.4, 0.5) is 0 Å². The molecule has 102 valence electrons. The summed E-state index contributed by atoms with van der Waals surface area (Å²) >= 11 is 0. The Balaban J connectivity index is 2.68. The van der Waals surface area contributed by atoms with Crippen LogP contribution >= 0.6 is 0 Å². The van der Waals surface area contributed by atoms with Crippen molar-refractivity contribution in [3.63, 3.8) is 0 Å². The van der Waals surface area contributed by atoms with E-state index in [4.69, 9.17) is 0 Å². The molecule has 0 fully saturated rings. The molecule has 3 nitrogen and oxygen atoms in total. The van der Waals surface area contributed by atoms with E-state index in [1.54, 1.807) is 0 Å². The molecule has 0 atom stereocenters. The Morgan fingerprint density at radius 1 is 1.06 bits per heavy atom. The summed E-state index contributed by atoms with van der Waals surface area (Å²) in [6, 6.07) is 0.537. The van der Waals surface area contributed by atoms with Crippen molar-refractivity contribution < 1.29 is 0 Å². The zero-order valence-corrected chi connectivity index (χ0v) is 12.5. The van der Waals surface area contributed by atoms with Crippen LogP contribution in [0.15, 0.2) is 0 Å². The number of aryl methyl sites for hydroxylation is 3. The van der Waals surface area contributed by atoms with Crippen LogP contribution in [0.2, 0.25) is 0 Å². The molecule has 1 rings (SSSR count). The van der Waals surface area contributed by atoms with Crippen LogP contribution in [-0.2, 0) is 12.8 Å². The molecule has 0 aromatic carbocycles. The Kier molecular flexibility index (Phi) is 6.27. The summed E-state index contributed by atoms with van der Waals surface area (Å²) in [4.78, 5) is 9.26. The minimum atomic E-state index is 0.537. The number of nitrogens with zero attached hydrogens (tertiary/aromatic N) is 2. The van der Waals surface area contributed by atoms with Gasteiger partial charge >= 0.3 is 0 Å². The minimum Gasteiger partial charge on any atom is -0.314 e. The lowest BCUT2D eigenvalue weighted by atomic mass is 10.1. The van der Waals surface area contributed by atoms with E-state index in [1.807, 2.05) is 0 Å². The largest absolute Gasteiger partial charge is 0.314 e. The summed E-state index contributed by atoms with van der Waals surface area (Å²) in [6.07, 6.45) is 4.39. The first-order valence-electron chi connectivity index (χ1n) is 7.11. The van der Waals surface area contributed by atoms with Crippen molar-refractivity contribution in [2.24, 2.45) is 0 Å². The molecule has 1 aromatic rings. The van der Waals surface area contributed by atoms with Crippen LogP contribution in [0.3, 0.4) is 0 Å². The first-order chi connectivity index (χ1) is 8.54. The molecular formula is C15H27N3. The van der Waals surface area contributed by atoms with Crippen molar-refractivity contribution >= 4 is 0 Å². The van der Waals surface area contributed by atoms with Crippen molar-refractivity contribution in [3.8, 4) is 0 Å². The number of rotatable bonds is 7. The fraction of sp³-hybridized carbons (Fsp3) is 0.733. The van der Waals surface area contributed by atoms with Gasteiger partial charge in [0.05, 0.1) is 0 Å². The second-order valence-corrected chi connectivity index (χ2v) is 5.25. The summed E-state index contributed by atoms with van der Waals surface area (Å²) in [6.45, 7) is 11.8. The SMILES string of the molecule is CCCCc1nc(C)c(CCNC(C)C)c(C)n1. The predicted molar refractivity (Wildman–Crippen MR) is 77.0 cm³/mol. The summed E-state index contributed by atoms with van der Waals surface area (Å²) in [7, 11) is 0. The van der Waals surface area contributed by atoms with Gasteiger partial charge in [-0.15, -0.1) is 0 Å². The molecular weight excluding hydrogens is 222 g/mol. The van der Waals surface area contributed by atoms with Crippen LogP contribution in [0.1, 0.15) is 56.4 Å². The number of hydrogen-bond donors (Lipinski definition) is 1. The van der Waals surface area contributed by atoms with Crippen LogP contribution in [-0.4, -0.2) is 22.6 Å².